The van der Waals surface area contributed by atoms with E-state index >= 15 is 0 Å². The Kier molecular flexibility index (Phi) is 14.2. The van der Waals surface area contributed by atoms with Crippen LogP contribution in [0.1, 0.15) is 85.7 Å². The van der Waals surface area contributed by atoms with Crippen LogP contribution < -0.4 is 16.1 Å². The highest BCUT2D eigenvalue weighted by Crippen LogP contribution is 2.24. The molecule has 0 amide bonds. The van der Waals surface area contributed by atoms with Gasteiger partial charge in [-0.15, -0.1) is 0 Å². The highest BCUT2D eigenvalue weighted by atomic mass is 16.5. The normalized spacial score (nSPS) is 17.6. The summed E-state index contributed by atoms with van der Waals surface area (Å²) in [5.74, 6) is -0.482. The third-order valence-corrected chi connectivity index (χ3v) is 8.89. The van der Waals surface area contributed by atoms with E-state index in [0.717, 1.165) is 5.56 Å². The van der Waals surface area contributed by atoms with Gasteiger partial charge in [-0.25, -0.2) is 9.59 Å². The maximum absolute atomic E-state index is 12.1. The Hall–Kier alpha value is -4.97. The van der Waals surface area contributed by atoms with Gasteiger partial charge in [0.1, 0.15) is 34.5 Å². The minimum absolute atomic E-state index is 0.000313. The van der Waals surface area contributed by atoms with Gasteiger partial charge in [0.05, 0.1) is 45.1 Å². The van der Waals surface area contributed by atoms with Gasteiger partial charge in [-0.3, -0.25) is 24.0 Å². The molecule has 266 valence electrons. The Morgan fingerprint density at radius 2 is 1.42 bits per heavy atom. The fraction of sp³-hybridized carbons (Fsp3) is 0.447. The summed E-state index contributed by atoms with van der Waals surface area (Å²) in [6.07, 6.45) is 4.47. The number of Topliss-reactive ketones (excluding diaryl/α,β-unsaturated/α-hetero) is 4. The minimum Gasteiger partial charge on any atom is -0.497 e. The standard InChI is InChI=1S/C21H22O7.C17H21NO4/c1-26-17-7-5-14-9-15(21(25)28-19(14)12-17)10-20(24)27-8-2-3-13-4-6-16(22)11-18(13)23;18-11-13-4-1-2-6-15(13)17(21)22-9-3-5-12-7-8-14(19)10-16(12)20/h5,7,9,12-13H,2-4,6,8,10-11H2,1H3;1-2,4,6,12H,3,5,7-11,18H2. The number of carbonyl (C=O) groups excluding carboxylic acids is 6. The Morgan fingerprint density at radius 1 is 0.800 bits per heavy atom. The Bertz CT molecular complexity index is 1780. The summed E-state index contributed by atoms with van der Waals surface area (Å²) >= 11 is 0. The molecule has 2 N–H and O–H groups in total. The topological polar surface area (TPSA) is 186 Å². The van der Waals surface area contributed by atoms with Crippen LogP contribution in [0.3, 0.4) is 0 Å². The molecule has 2 aliphatic rings. The molecule has 2 fully saturated rings. The van der Waals surface area contributed by atoms with Gasteiger partial charge < -0.3 is 24.4 Å². The zero-order valence-corrected chi connectivity index (χ0v) is 28.2. The Labute approximate surface area is 289 Å². The largest absolute Gasteiger partial charge is 0.497 e. The monoisotopic (exact) mass is 689 g/mol. The quantitative estimate of drug-likeness (QED) is 0.114. The third-order valence-electron chi connectivity index (χ3n) is 8.89. The molecule has 0 saturated heterocycles. The number of ketones is 4. The van der Waals surface area contributed by atoms with E-state index in [1.54, 1.807) is 42.5 Å². The highest BCUT2D eigenvalue weighted by Gasteiger charge is 2.27. The predicted octanol–water partition coefficient (Wildman–Crippen LogP) is 4.63. The molecule has 0 bridgehead atoms. The third kappa shape index (κ3) is 11.0. The van der Waals surface area contributed by atoms with Gasteiger partial charge in [-0.05, 0) is 68.4 Å². The number of methoxy groups -OCH3 is 1. The molecule has 12 heteroatoms. The van der Waals surface area contributed by atoms with Crippen molar-refractivity contribution in [3.63, 3.8) is 0 Å². The Balaban J connectivity index is 0.000000232. The molecule has 12 nitrogen and oxygen atoms in total. The first-order valence-corrected chi connectivity index (χ1v) is 16.9. The molecule has 1 aromatic heterocycles. The second kappa shape index (κ2) is 18.7. The minimum atomic E-state index is -0.588. The van der Waals surface area contributed by atoms with Crippen LogP contribution in [0.15, 0.2) is 57.7 Å². The highest BCUT2D eigenvalue weighted by molar-refractivity contribution is 6.02. The van der Waals surface area contributed by atoms with Crippen LogP contribution in [-0.2, 0) is 46.4 Å². The number of nitrogens with two attached hydrogens (primary N) is 1. The van der Waals surface area contributed by atoms with Crippen LogP contribution in [0.25, 0.3) is 11.0 Å². The molecule has 3 aromatic rings. The van der Waals surface area contributed by atoms with Gasteiger partial charge in [-0.2, -0.15) is 0 Å². The molecule has 2 saturated carbocycles. The predicted molar refractivity (Wildman–Crippen MR) is 181 cm³/mol. The van der Waals surface area contributed by atoms with Crippen molar-refractivity contribution in [2.24, 2.45) is 17.6 Å². The molecule has 2 atom stereocenters. The van der Waals surface area contributed by atoms with Crippen molar-refractivity contribution in [3.8, 4) is 5.75 Å². The zero-order chi connectivity index (χ0) is 36.0. The van der Waals surface area contributed by atoms with Crippen LogP contribution in [0, 0.1) is 11.8 Å². The SMILES string of the molecule is COc1ccc2cc(CC(=O)OCCCC3CCC(=O)CC3=O)c(=O)oc2c1.NCc1ccccc1C(=O)OCCCC1CCC(=O)CC1=O. The van der Waals surface area contributed by atoms with Gasteiger partial charge in [0.15, 0.2) is 0 Å². The first-order valence-electron chi connectivity index (χ1n) is 16.9. The molecule has 2 unspecified atom stereocenters. The average molecular weight is 690 g/mol. The fourth-order valence-electron chi connectivity index (χ4n) is 6.03. The first kappa shape index (κ1) is 37.8. The van der Waals surface area contributed by atoms with Crippen molar-refractivity contribution in [2.45, 2.75) is 77.2 Å². The van der Waals surface area contributed by atoms with E-state index in [0.29, 0.717) is 73.6 Å². The Morgan fingerprint density at radius 3 is 2.02 bits per heavy atom. The van der Waals surface area contributed by atoms with E-state index in [4.69, 9.17) is 24.4 Å². The van der Waals surface area contributed by atoms with Crippen molar-refractivity contribution in [1.82, 2.24) is 0 Å². The second-order valence-electron chi connectivity index (χ2n) is 12.5. The van der Waals surface area contributed by atoms with Crippen LogP contribution >= 0.6 is 0 Å². The van der Waals surface area contributed by atoms with E-state index in [2.05, 4.69) is 0 Å². The van der Waals surface area contributed by atoms with Gasteiger partial charge in [0, 0.05) is 48.2 Å². The molecule has 2 aliphatic carbocycles. The number of esters is 2. The lowest BCUT2D eigenvalue weighted by atomic mass is 9.84. The molecule has 1 heterocycles. The summed E-state index contributed by atoms with van der Waals surface area (Å²) in [6, 6.07) is 13.8. The van der Waals surface area contributed by atoms with E-state index in [1.165, 1.54) is 7.11 Å². The molecule has 2 aromatic carbocycles. The maximum atomic E-state index is 12.1. The second-order valence-corrected chi connectivity index (χ2v) is 12.5. The lowest BCUT2D eigenvalue weighted by molar-refractivity contribution is -0.143. The fourth-order valence-corrected chi connectivity index (χ4v) is 6.03. The number of rotatable bonds is 13. The molecule has 0 radical (unpaired) electrons. The first-order chi connectivity index (χ1) is 24.1. The van der Waals surface area contributed by atoms with Gasteiger partial charge in [-0.1, -0.05) is 18.2 Å². The summed E-state index contributed by atoms with van der Waals surface area (Å²) in [4.78, 5) is 82.0. The number of carbonyl (C=O) groups is 6. The smallest absolute Gasteiger partial charge is 0.340 e. The summed E-state index contributed by atoms with van der Waals surface area (Å²) < 4.78 is 20.8. The molecule has 0 spiro atoms. The number of hydrogen-bond acceptors (Lipinski definition) is 12. The van der Waals surface area contributed by atoms with Crippen LogP contribution in [0.2, 0.25) is 0 Å². The summed E-state index contributed by atoms with van der Waals surface area (Å²) in [6.45, 7) is 0.734. The average Bonchev–Trinajstić information content (AvgIpc) is 3.10. The molecular formula is C38H43NO11. The number of ether oxygens (including phenoxy) is 3. The summed E-state index contributed by atoms with van der Waals surface area (Å²) in [5, 5.41) is 0.688. The van der Waals surface area contributed by atoms with Crippen LogP contribution in [-0.4, -0.2) is 55.4 Å². The molecule has 0 aliphatic heterocycles. The van der Waals surface area contributed by atoms with E-state index in [1.807, 2.05) is 6.07 Å². The summed E-state index contributed by atoms with van der Waals surface area (Å²) in [7, 11) is 1.52. The number of fused-ring (bicyclic) bond motifs is 1. The van der Waals surface area contributed by atoms with Crippen molar-refractivity contribution in [2.75, 3.05) is 20.3 Å². The van der Waals surface area contributed by atoms with Gasteiger partial charge >= 0.3 is 17.6 Å². The van der Waals surface area contributed by atoms with Crippen LogP contribution in [0.5, 0.6) is 5.75 Å². The lowest BCUT2D eigenvalue weighted by Crippen LogP contribution is -2.25. The van der Waals surface area contributed by atoms with E-state index < -0.39 is 11.6 Å². The summed E-state index contributed by atoms with van der Waals surface area (Å²) in [5.41, 5.74) is 6.87. The van der Waals surface area contributed by atoms with Crippen molar-refractivity contribution < 1.29 is 47.4 Å². The van der Waals surface area contributed by atoms with Crippen LogP contribution in [0.4, 0.5) is 0 Å². The van der Waals surface area contributed by atoms with Crippen molar-refractivity contribution in [1.29, 1.82) is 0 Å². The van der Waals surface area contributed by atoms with Crippen molar-refractivity contribution >= 4 is 46.0 Å². The lowest BCUT2D eigenvalue weighted by Gasteiger charge is -2.19. The van der Waals surface area contributed by atoms with E-state index in [9.17, 15) is 33.6 Å². The van der Waals surface area contributed by atoms with Gasteiger partial charge in [0.25, 0.3) is 0 Å². The van der Waals surface area contributed by atoms with E-state index in [-0.39, 0.29) is 85.5 Å². The molecule has 50 heavy (non-hydrogen) atoms. The number of benzene rings is 2. The molecule has 5 rings (SSSR count). The maximum Gasteiger partial charge on any atom is 0.340 e. The van der Waals surface area contributed by atoms with Gasteiger partial charge in [0.2, 0.25) is 0 Å². The van der Waals surface area contributed by atoms with Crippen molar-refractivity contribution in [3.05, 3.63) is 75.6 Å². The zero-order valence-electron chi connectivity index (χ0n) is 28.2. The number of hydrogen-bond donors (Lipinski definition) is 1. The molecular weight excluding hydrogens is 646 g/mol.